The molecule has 0 spiro atoms. The van der Waals surface area contributed by atoms with Crippen molar-refractivity contribution in [1.29, 1.82) is 0 Å². The Kier molecular flexibility index (Phi) is 7.40. The zero-order valence-electron chi connectivity index (χ0n) is 14.1. The van der Waals surface area contributed by atoms with Gasteiger partial charge in [0.15, 0.2) is 9.84 Å². The summed E-state index contributed by atoms with van der Waals surface area (Å²) in [5, 5.41) is 2.90. The smallest absolute Gasteiger partial charge is 0.182 e. The predicted molar refractivity (Wildman–Crippen MR) is 98.0 cm³/mol. The SMILES string of the molecule is CCN(CC)CCSc1ccc(S(=O)(=O)C2CCCNC2)cc1. The van der Waals surface area contributed by atoms with E-state index in [0.717, 1.165) is 49.7 Å². The molecule has 0 saturated carbocycles. The largest absolute Gasteiger partial charge is 0.315 e. The van der Waals surface area contributed by atoms with Crippen molar-refractivity contribution in [3.8, 4) is 0 Å². The van der Waals surface area contributed by atoms with Crippen LogP contribution in [0.5, 0.6) is 0 Å². The number of benzene rings is 1. The van der Waals surface area contributed by atoms with E-state index < -0.39 is 9.84 Å². The van der Waals surface area contributed by atoms with E-state index in [1.807, 2.05) is 12.1 Å². The summed E-state index contributed by atoms with van der Waals surface area (Å²) in [6.07, 6.45) is 1.69. The maximum absolute atomic E-state index is 12.6. The quantitative estimate of drug-likeness (QED) is 0.726. The first-order valence-corrected chi connectivity index (χ1v) is 11.0. The molecule has 130 valence electrons. The molecular formula is C17H28N2O2S2. The molecule has 0 bridgehead atoms. The topological polar surface area (TPSA) is 49.4 Å². The van der Waals surface area contributed by atoms with Crippen LogP contribution in [0.2, 0.25) is 0 Å². The van der Waals surface area contributed by atoms with Crippen LogP contribution >= 0.6 is 11.8 Å². The number of thioether (sulfide) groups is 1. The maximum atomic E-state index is 12.6. The first-order valence-electron chi connectivity index (χ1n) is 8.47. The molecule has 6 heteroatoms. The Morgan fingerprint density at radius 3 is 2.48 bits per heavy atom. The van der Waals surface area contributed by atoms with Gasteiger partial charge in [0.25, 0.3) is 0 Å². The van der Waals surface area contributed by atoms with Crippen LogP contribution in [0.15, 0.2) is 34.1 Å². The van der Waals surface area contributed by atoms with Gasteiger partial charge in [-0.1, -0.05) is 13.8 Å². The minimum absolute atomic E-state index is 0.280. The molecule has 4 nitrogen and oxygen atoms in total. The summed E-state index contributed by atoms with van der Waals surface area (Å²) in [5.41, 5.74) is 0. The standard InChI is InChI=1S/C17H28N2O2S2/c1-3-19(4-2)12-13-22-15-7-9-16(10-8-15)23(20,21)17-6-5-11-18-14-17/h7-10,17-18H,3-6,11-14H2,1-2H3. The Morgan fingerprint density at radius 1 is 1.22 bits per heavy atom. The number of sulfone groups is 1. The van der Waals surface area contributed by atoms with Crippen molar-refractivity contribution >= 4 is 21.6 Å². The molecule has 23 heavy (non-hydrogen) atoms. The molecule has 1 fully saturated rings. The lowest BCUT2D eigenvalue weighted by molar-refractivity contribution is 0.324. The molecule has 1 atom stereocenters. The number of nitrogens with one attached hydrogen (secondary N) is 1. The molecule has 1 aromatic rings. The van der Waals surface area contributed by atoms with Crippen LogP contribution in [0.25, 0.3) is 0 Å². The summed E-state index contributed by atoms with van der Waals surface area (Å²) in [6, 6.07) is 7.42. The highest BCUT2D eigenvalue weighted by molar-refractivity contribution is 7.99. The minimum Gasteiger partial charge on any atom is -0.315 e. The van der Waals surface area contributed by atoms with Crippen molar-refractivity contribution in [3.05, 3.63) is 24.3 Å². The Morgan fingerprint density at radius 2 is 1.91 bits per heavy atom. The van der Waals surface area contributed by atoms with Gasteiger partial charge in [0.05, 0.1) is 10.1 Å². The summed E-state index contributed by atoms with van der Waals surface area (Å²) in [7, 11) is -3.20. The van der Waals surface area contributed by atoms with Gasteiger partial charge in [-0.3, -0.25) is 0 Å². The summed E-state index contributed by atoms with van der Waals surface area (Å²) >= 11 is 1.79. The van der Waals surface area contributed by atoms with Crippen LogP contribution in [0.3, 0.4) is 0 Å². The fourth-order valence-corrected chi connectivity index (χ4v) is 5.46. The minimum atomic E-state index is -3.20. The van der Waals surface area contributed by atoms with Crippen LogP contribution in [0, 0.1) is 0 Å². The van der Waals surface area contributed by atoms with Crippen molar-refractivity contribution in [1.82, 2.24) is 10.2 Å². The monoisotopic (exact) mass is 356 g/mol. The third kappa shape index (κ3) is 5.21. The first kappa shape index (κ1) is 18.8. The van der Waals surface area contributed by atoms with E-state index in [9.17, 15) is 8.42 Å². The van der Waals surface area contributed by atoms with Crippen LogP contribution in [-0.2, 0) is 9.84 Å². The van der Waals surface area contributed by atoms with E-state index in [1.54, 1.807) is 23.9 Å². The Hall–Kier alpha value is -0.560. The van der Waals surface area contributed by atoms with Crippen molar-refractivity contribution < 1.29 is 8.42 Å². The van der Waals surface area contributed by atoms with Crippen LogP contribution in [0.1, 0.15) is 26.7 Å². The van der Waals surface area contributed by atoms with Crippen molar-refractivity contribution in [2.45, 2.75) is 41.7 Å². The highest BCUT2D eigenvalue weighted by atomic mass is 32.2. The molecule has 0 amide bonds. The van der Waals surface area contributed by atoms with Gasteiger partial charge in [-0.15, -0.1) is 11.8 Å². The van der Waals surface area contributed by atoms with Gasteiger partial charge in [0.2, 0.25) is 0 Å². The summed E-state index contributed by atoms with van der Waals surface area (Å²) in [6.45, 7) is 9.05. The normalized spacial score (nSPS) is 19.2. The molecule has 1 N–H and O–H groups in total. The number of piperidine rings is 1. The predicted octanol–water partition coefficient (Wildman–Crippen LogP) is 2.65. The maximum Gasteiger partial charge on any atom is 0.182 e. The lowest BCUT2D eigenvalue weighted by Gasteiger charge is -2.22. The van der Waals surface area contributed by atoms with Gasteiger partial charge in [0.1, 0.15) is 0 Å². The number of hydrogen-bond donors (Lipinski definition) is 1. The Labute approximate surface area is 144 Å². The highest BCUT2D eigenvalue weighted by Crippen LogP contribution is 2.24. The summed E-state index contributed by atoms with van der Waals surface area (Å²) in [5.74, 6) is 1.03. The van der Waals surface area contributed by atoms with Gasteiger partial charge >= 0.3 is 0 Å². The molecule has 1 aromatic carbocycles. The second-order valence-corrected chi connectivity index (χ2v) is 9.26. The Balaban J connectivity index is 1.93. The van der Waals surface area contributed by atoms with Crippen LogP contribution in [0.4, 0.5) is 0 Å². The van der Waals surface area contributed by atoms with Crippen LogP contribution < -0.4 is 5.32 Å². The van der Waals surface area contributed by atoms with E-state index in [-0.39, 0.29) is 5.25 Å². The number of rotatable bonds is 8. The molecule has 1 saturated heterocycles. The van der Waals surface area contributed by atoms with Crippen LogP contribution in [-0.4, -0.2) is 57.0 Å². The zero-order valence-corrected chi connectivity index (χ0v) is 15.8. The van der Waals surface area contributed by atoms with E-state index >= 15 is 0 Å². The zero-order chi connectivity index (χ0) is 16.7. The summed E-state index contributed by atoms with van der Waals surface area (Å²) in [4.78, 5) is 3.99. The molecule has 1 aliphatic rings. The molecular weight excluding hydrogens is 328 g/mol. The average Bonchev–Trinajstić information content (AvgIpc) is 2.60. The third-order valence-electron chi connectivity index (χ3n) is 4.41. The second kappa shape index (κ2) is 9.06. The van der Waals surface area contributed by atoms with Gasteiger partial charge in [-0.25, -0.2) is 8.42 Å². The molecule has 1 aliphatic heterocycles. The Bertz CT molecular complexity index is 563. The number of hydrogen-bond acceptors (Lipinski definition) is 5. The van der Waals surface area contributed by atoms with E-state index in [1.165, 1.54) is 0 Å². The number of nitrogens with zero attached hydrogens (tertiary/aromatic N) is 1. The molecule has 1 unspecified atom stereocenters. The van der Waals surface area contributed by atoms with E-state index in [0.29, 0.717) is 11.4 Å². The van der Waals surface area contributed by atoms with Crippen molar-refractivity contribution in [2.75, 3.05) is 38.5 Å². The van der Waals surface area contributed by atoms with Crippen molar-refractivity contribution in [2.24, 2.45) is 0 Å². The second-order valence-electron chi connectivity index (χ2n) is 5.86. The first-order chi connectivity index (χ1) is 11.1. The molecule has 0 radical (unpaired) electrons. The van der Waals surface area contributed by atoms with Gasteiger partial charge in [-0.05, 0) is 56.7 Å². The average molecular weight is 357 g/mol. The highest BCUT2D eigenvalue weighted by Gasteiger charge is 2.28. The summed E-state index contributed by atoms with van der Waals surface area (Å²) < 4.78 is 25.3. The lowest BCUT2D eigenvalue weighted by Crippen LogP contribution is -2.38. The van der Waals surface area contributed by atoms with E-state index in [2.05, 4.69) is 24.1 Å². The fraction of sp³-hybridized carbons (Fsp3) is 0.647. The molecule has 0 aromatic heterocycles. The fourth-order valence-electron chi connectivity index (χ4n) is 2.84. The van der Waals surface area contributed by atoms with Gasteiger partial charge < -0.3 is 10.2 Å². The van der Waals surface area contributed by atoms with Gasteiger partial charge in [-0.2, -0.15) is 0 Å². The van der Waals surface area contributed by atoms with Crippen molar-refractivity contribution in [3.63, 3.8) is 0 Å². The van der Waals surface area contributed by atoms with Gasteiger partial charge in [0, 0.05) is 23.7 Å². The lowest BCUT2D eigenvalue weighted by atomic mass is 10.2. The molecule has 1 heterocycles. The van der Waals surface area contributed by atoms with E-state index in [4.69, 9.17) is 0 Å². The third-order valence-corrected chi connectivity index (χ3v) is 7.61. The molecule has 0 aliphatic carbocycles. The molecule has 2 rings (SSSR count).